The van der Waals surface area contributed by atoms with Gasteiger partial charge in [0.2, 0.25) is 0 Å². The number of amides is 1. The molecule has 0 radical (unpaired) electrons. The molecule has 0 aliphatic heterocycles. The van der Waals surface area contributed by atoms with Crippen LogP contribution in [0.25, 0.3) is 0 Å². The van der Waals surface area contributed by atoms with Gasteiger partial charge in [0.25, 0.3) is 5.91 Å². The number of pyridine rings is 1. The molecule has 6 nitrogen and oxygen atoms in total. The van der Waals surface area contributed by atoms with Crippen LogP contribution in [0.15, 0.2) is 46.2 Å². The Morgan fingerprint density at radius 3 is 2.76 bits per heavy atom. The van der Waals surface area contributed by atoms with E-state index < -0.39 is 5.91 Å². The highest BCUT2D eigenvalue weighted by Gasteiger charge is 2.11. The number of hydrogen-bond donors (Lipinski definition) is 3. The molecule has 0 saturated carbocycles. The molecule has 1 heterocycles. The Morgan fingerprint density at radius 1 is 1.38 bits per heavy atom. The van der Waals surface area contributed by atoms with Crippen LogP contribution in [0.2, 0.25) is 5.02 Å². The number of amidine groups is 1. The quantitative estimate of drug-likeness (QED) is 0.335. The van der Waals surface area contributed by atoms with E-state index in [-0.39, 0.29) is 11.5 Å². The molecule has 2 aromatic rings. The summed E-state index contributed by atoms with van der Waals surface area (Å²) in [5, 5.41) is 14.6. The van der Waals surface area contributed by atoms with Crippen molar-refractivity contribution >= 4 is 45.0 Å². The molecule has 1 aromatic carbocycles. The highest BCUT2D eigenvalue weighted by atomic mass is 79.9. The normalized spacial score (nSPS) is 11.2. The lowest BCUT2D eigenvalue weighted by Gasteiger charge is -2.08. The van der Waals surface area contributed by atoms with Gasteiger partial charge in [0.15, 0.2) is 5.84 Å². The largest absolute Gasteiger partial charge is 0.409 e. The number of carbonyl (C=O) groups excluding carboxylic acids is 1. The lowest BCUT2D eigenvalue weighted by atomic mass is 10.2. The Hall–Kier alpha value is -2.12. The van der Waals surface area contributed by atoms with Gasteiger partial charge in [0.05, 0.1) is 15.2 Å². The maximum absolute atomic E-state index is 12.1. The van der Waals surface area contributed by atoms with Gasteiger partial charge in [0, 0.05) is 11.8 Å². The summed E-state index contributed by atoms with van der Waals surface area (Å²) in [6.45, 7) is 0. The number of anilines is 1. The van der Waals surface area contributed by atoms with Crippen molar-refractivity contribution in [3.63, 3.8) is 0 Å². The molecular weight excluding hydrogens is 360 g/mol. The number of aromatic nitrogens is 1. The summed E-state index contributed by atoms with van der Waals surface area (Å²) >= 11 is 9.24. The first-order chi connectivity index (χ1) is 10.0. The Labute approximate surface area is 133 Å². The molecule has 0 aliphatic carbocycles. The highest BCUT2D eigenvalue weighted by molar-refractivity contribution is 9.10. The number of nitrogens with two attached hydrogens (primary N) is 1. The molecule has 0 saturated heterocycles. The fraction of sp³-hybridized carbons (Fsp3) is 0. The zero-order valence-corrected chi connectivity index (χ0v) is 12.9. The number of benzene rings is 1. The summed E-state index contributed by atoms with van der Waals surface area (Å²) in [5.41, 5.74) is 6.56. The van der Waals surface area contributed by atoms with E-state index in [2.05, 4.69) is 31.4 Å². The van der Waals surface area contributed by atoms with Crippen molar-refractivity contribution in [2.24, 2.45) is 10.9 Å². The van der Waals surface area contributed by atoms with Crippen molar-refractivity contribution < 1.29 is 10.0 Å². The first kappa shape index (κ1) is 15.3. The molecule has 0 aliphatic rings. The number of oxime groups is 1. The zero-order valence-electron chi connectivity index (χ0n) is 10.5. The van der Waals surface area contributed by atoms with E-state index in [1.807, 2.05) is 0 Å². The van der Waals surface area contributed by atoms with E-state index in [4.69, 9.17) is 22.5 Å². The molecule has 0 unspecified atom stereocenters. The number of carbonyl (C=O) groups is 1. The number of rotatable bonds is 3. The lowest BCUT2D eigenvalue weighted by molar-refractivity contribution is 0.102. The molecule has 0 spiro atoms. The van der Waals surface area contributed by atoms with Crippen molar-refractivity contribution in [2.75, 3.05) is 5.32 Å². The third kappa shape index (κ3) is 3.50. The number of nitrogens with one attached hydrogen (secondary N) is 1. The van der Waals surface area contributed by atoms with Gasteiger partial charge in [-0.15, -0.1) is 0 Å². The van der Waals surface area contributed by atoms with Crippen LogP contribution in [0.5, 0.6) is 0 Å². The molecule has 1 aromatic heterocycles. The van der Waals surface area contributed by atoms with E-state index in [0.29, 0.717) is 20.7 Å². The van der Waals surface area contributed by atoms with E-state index in [1.165, 1.54) is 18.3 Å². The van der Waals surface area contributed by atoms with Crippen molar-refractivity contribution in [1.82, 2.24) is 4.98 Å². The second kappa shape index (κ2) is 6.55. The molecule has 0 bridgehead atoms. The SMILES string of the molecule is N/C(=N/O)c1ccc(C(=O)Nc2cccc(Cl)c2Br)nc1. The molecule has 4 N–H and O–H groups in total. The Bertz CT molecular complexity index is 704. The van der Waals surface area contributed by atoms with Gasteiger partial charge in [0.1, 0.15) is 5.69 Å². The summed E-state index contributed by atoms with van der Waals surface area (Å²) in [4.78, 5) is 16.0. The van der Waals surface area contributed by atoms with Crippen molar-refractivity contribution in [2.45, 2.75) is 0 Å². The average molecular weight is 370 g/mol. The maximum atomic E-state index is 12.1. The summed E-state index contributed by atoms with van der Waals surface area (Å²) in [7, 11) is 0. The van der Waals surface area contributed by atoms with E-state index in [1.54, 1.807) is 18.2 Å². The maximum Gasteiger partial charge on any atom is 0.274 e. The van der Waals surface area contributed by atoms with Crippen molar-refractivity contribution in [3.05, 3.63) is 57.3 Å². The van der Waals surface area contributed by atoms with Crippen LogP contribution in [-0.4, -0.2) is 21.9 Å². The fourth-order valence-electron chi connectivity index (χ4n) is 1.52. The minimum Gasteiger partial charge on any atom is -0.409 e. The minimum absolute atomic E-state index is 0.0768. The van der Waals surface area contributed by atoms with Gasteiger partial charge >= 0.3 is 0 Å². The molecular formula is C13H10BrClN4O2. The monoisotopic (exact) mass is 368 g/mol. The fourth-order valence-corrected chi connectivity index (χ4v) is 2.06. The third-order valence-electron chi connectivity index (χ3n) is 2.60. The predicted molar refractivity (Wildman–Crippen MR) is 83.9 cm³/mol. The Kier molecular flexibility index (Phi) is 4.77. The van der Waals surface area contributed by atoms with E-state index in [9.17, 15) is 4.79 Å². The second-order valence-electron chi connectivity index (χ2n) is 3.97. The van der Waals surface area contributed by atoms with Crippen LogP contribution in [0.1, 0.15) is 16.1 Å². The van der Waals surface area contributed by atoms with Crippen LogP contribution < -0.4 is 11.1 Å². The van der Waals surface area contributed by atoms with Gasteiger partial charge in [-0.1, -0.05) is 22.8 Å². The molecule has 21 heavy (non-hydrogen) atoms. The number of hydrogen-bond acceptors (Lipinski definition) is 4. The Balaban J connectivity index is 2.19. The van der Waals surface area contributed by atoms with Gasteiger partial charge in [-0.3, -0.25) is 9.78 Å². The summed E-state index contributed by atoms with van der Waals surface area (Å²) in [6.07, 6.45) is 1.34. The first-order valence-electron chi connectivity index (χ1n) is 5.72. The number of nitrogens with zero attached hydrogens (tertiary/aromatic N) is 2. The highest BCUT2D eigenvalue weighted by Crippen LogP contribution is 2.30. The van der Waals surface area contributed by atoms with Crippen molar-refractivity contribution in [1.29, 1.82) is 0 Å². The van der Waals surface area contributed by atoms with Crippen LogP contribution in [0, 0.1) is 0 Å². The van der Waals surface area contributed by atoms with E-state index >= 15 is 0 Å². The average Bonchev–Trinajstić information content (AvgIpc) is 2.51. The molecule has 1 amide bonds. The predicted octanol–water partition coefficient (Wildman–Crippen LogP) is 2.84. The molecule has 108 valence electrons. The Morgan fingerprint density at radius 2 is 2.14 bits per heavy atom. The summed E-state index contributed by atoms with van der Waals surface area (Å²) < 4.78 is 0.591. The molecule has 8 heteroatoms. The minimum atomic E-state index is -0.399. The van der Waals surface area contributed by atoms with Crippen LogP contribution >= 0.6 is 27.5 Å². The smallest absolute Gasteiger partial charge is 0.274 e. The van der Waals surface area contributed by atoms with Gasteiger partial charge in [-0.25, -0.2) is 0 Å². The van der Waals surface area contributed by atoms with Crippen LogP contribution in [0.4, 0.5) is 5.69 Å². The molecule has 0 atom stereocenters. The van der Waals surface area contributed by atoms with Gasteiger partial charge < -0.3 is 16.3 Å². The molecule has 2 rings (SSSR count). The van der Waals surface area contributed by atoms with Crippen molar-refractivity contribution in [3.8, 4) is 0 Å². The third-order valence-corrected chi connectivity index (χ3v) is 4.00. The van der Waals surface area contributed by atoms with E-state index in [0.717, 1.165) is 0 Å². The van der Waals surface area contributed by atoms with Gasteiger partial charge in [-0.2, -0.15) is 0 Å². The summed E-state index contributed by atoms with van der Waals surface area (Å²) in [6, 6.07) is 8.13. The second-order valence-corrected chi connectivity index (χ2v) is 5.17. The first-order valence-corrected chi connectivity index (χ1v) is 6.89. The van der Waals surface area contributed by atoms with Crippen LogP contribution in [-0.2, 0) is 0 Å². The van der Waals surface area contributed by atoms with Crippen LogP contribution in [0.3, 0.4) is 0 Å². The van der Waals surface area contributed by atoms with Gasteiger partial charge in [-0.05, 0) is 40.2 Å². The summed E-state index contributed by atoms with van der Waals surface area (Å²) in [5.74, 6) is -0.476. The topological polar surface area (TPSA) is 101 Å². The standard InChI is InChI=1S/C13H10BrClN4O2/c14-11-8(15)2-1-3-9(11)18-13(20)10-5-4-7(6-17-10)12(16)19-21/h1-6,21H,(H2,16,19)(H,18,20). The number of halogens is 2. The zero-order chi connectivity index (χ0) is 15.4. The molecule has 0 fully saturated rings. The lowest BCUT2D eigenvalue weighted by Crippen LogP contribution is -2.17.